The minimum atomic E-state index is -0.609. The van der Waals surface area contributed by atoms with E-state index in [1.54, 1.807) is 29.6 Å². The van der Waals surface area contributed by atoms with Crippen LogP contribution in [-0.2, 0) is 4.74 Å². The Morgan fingerprint density at radius 3 is 2.46 bits per heavy atom. The molecule has 0 aliphatic rings. The number of aromatic nitrogens is 1. The summed E-state index contributed by atoms with van der Waals surface area (Å²) in [5.41, 5.74) is 1.60. The predicted octanol–water partition coefficient (Wildman–Crippen LogP) is 4.25. The molecule has 0 N–H and O–H groups in total. The Kier molecular flexibility index (Phi) is 5.76. The number of nitrogens with zero attached hydrogens (tertiary/aromatic N) is 1. The van der Waals surface area contributed by atoms with Crippen LogP contribution in [-0.4, -0.2) is 30.0 Å². The molecule has 0 saturated heterocycles. The van der Waals surface area contributed by atoms with Gasteiger partial charge in [-0.3, -0.25) is 4.79 Å². The van der Waals surface area contributed by atoms with Crippen molar-refractivity contribution >= 4 is 23.1 Å². The molecule has 6 heteroatoms. The van der Waals surface area contributed by atoms with Gasteiger partial charge in [0.15, 0.2) is 18.1 Å². The molecule has 0 fully saturated rings. The average Bonchev–Trinajstić information content (AvgIpc) is 3.18. The molecule has 0 saturated carbocycles. The molecule has 0 bridgehead atoms. The molecular weight excluding hydrogens is 350 g/mol. The summed E-state index contributed by atoms with van der Waals surface area (Å²) >= 11 is 1.36. The number of Topliss-reactive ketones (excluding diaryl/α,β-unsaturated/α-hetero) is 1. The number of ketones is 1. The highest BCUT2D eigenvalue weighted by Crippen LogP contribution is 2.23. The summed E-state index contributed by atoms with van der Waals surface area (Å²) in [4.78, 5) is 28.5. The highest BCUT2D eigenvalue weighted by Gasteiger charge is 2.15. The molecule has 26 heavy (non-hydrogen) atoms. The Morgan fingerprint density at radius 1 is 1.04 bits per heavy atom. The van der Waals surface area contributed by atoms with Crippen molar-refractivity contribution in [3.05, 3.63) is 71.2 Å². The van der Waals surface area contributed by atoms with E-state index in [2.05, 4.69) is 4.98 Å². The van der Waals surface area contributed by atoms with E-state index in [0.29, 0.717) is 17.9 Å². The number of hydrogen-bond acceptors (Lipinski definition) is 6. The van der Waals surface area contributed by atoms with Gasteiger partial charge in [0.25, 0.3) is 0 Å². The Bertz CT molecular complexity index is 888. The standard InChI is InChI=1S/C20H17NO4S/c1-2-24-16-10-8-14(9-11-16)18(22)12-25-20(23)17-13-26-19(21-17)15-6-4-3-5-7-15/h3-11,13H,2,12H2,1H3. The van der Waals surface area contributed by atoms with Gasteiger partial charge in [-0.1, -0.05) is 30.3 Å². The number of carbonyl (C=O) groups is 2. The third-order valence-corrected chi connectivity index (χ3v) is 4.45. The summed E-state index contributed by atoms with van der Waals surface area (Å²) in [5.74, 6) is -0.195. The van der Waals surface area contributed by atoms with Crippen LogP contribution < -0.4 is 4.74 Å². The Morgan fingerprint density at radius 2 is 1.77 bits per heavy atom. The highest BCUT2D eigenvalue weighted by molar-refractivity contribution is 7.13. The number of carbonyl (C=O) groups excluding carboxylic acids is 2. The molecule has 0 aliphatic carbocycles. The summed E-state index contributed by atoms with van der Waals surface area (Å²) in [7, 11) is 0. The minimum absolute atomic E-state index is 0.202. The number of benzene rings is 2. The molecule has 132 valence electrons. The lowest BCUT2D eigenvalue weighted by Crippen LogP contribution is -2.14. The molecule has 0 amide bonds. The van der Waals surface area contributed by atoms with Crippen molar-refractivity contribution in [2.24, 2.45) is 0 Å². The van der Waals surface area contributed by atoms with E-state index < -0.39 is 5.97 Å². The lowest BCUT2D eigenvalue weighted by molar-refractivity contribution is 0.0470. The lowest BCUT2D eigenvalue weighted by Gasteiger charge is -2.05. The zero-order valence-electron chi connectivity index (χ0n) is 14.2. The maximum Gasteiger partial charge on any atom is 0.358 e. The topological polar surface area (TPSA) is 65.5 Å². The van der Waals surface area contributed by atoms with Gasteiger partial charge in [0, 0.05) is 16.5 Å². The molecule has 0 spiro atoms. The second-order valence-electron chi connectivity index (χ2n) is 5.36. The second-order valence-corrected chi connectivity index (χ2v) is 6.22. The first-order chi connectivity index (χ1) is 12.7. The van der Waals surface area contributed by atoms with E-state index in [-0.39, 0.29) is 18.1 Å². The third kappa shape index (κ3) is 4.34. The van der Waals surface area contributed by atoms with Gasteiger partial charge < -0.3 is 9.47 Å². The van der Waals surface area contributed by atoms with Crippen molar-refractivity contribution in [1.29, 1.82) is 0 Å². The molecule has 0 radical (unpaired) electrons. The minimum Gasteiger partial charge on any atom is -0.494 e. The molecule has 1 aromatic heterocycles. The Balaban J connectivity index is 1.58. The maximum atomic E-state index is 12.1. The summed E-state index contributed by atoms with van der Waals surface area (Å²) in [6, 6.07) is 16.3. The molecule has 3 rings (SSSR count). The second kappa shape index (κ2) is 8.40. The van der Waals surface area contributed by atoms with Crippen molar-refractivity contribution in [2.45, 2.75) is 6.92 Å². The van der Waals surface area contributed by atoms with E-state index in [9.17, 15) is 9.59 Å². The van der Waals surface area contributed by atoms with Crippen LogP contribution >= 0.6 is 11.3 Å². The van der Waals surface area contributed by atoms with Crippen molar-refractivity contribution in [3.63, 3.8) is 0 Å². The SMILES string of the molecule is CCOc1ccc(C(=O)COC(=O)c2csc(-c3ccccc3)n2)cc1. The molecule has 0 atom stereocenters. The molecule has 2 aromatic carbocycles. The monoisotopic (exact) mass is 367 g/mol. The fraction of sp³-hybridized carbons (Fsp3) is 0.150. The molecule has 3 aromatic rings. The molecule has 0 unspecified atom stereocenters. The van der Waals surface area contributed by atoms with Crippen LogP contribution in [0.15, 0.2) is 60.0 Å². The fourth-order valence-electron chi connectivity index (χ4n) is 2.27. The van der Waals surface area contributed by atoms with Crippen LogP contribution in [0.25, 0.3) is 10.6 Å². The molecular formula is C20H17NO4S. The van der Waals surface area contributed by atoms with E-state index in [0.717, 1.165) is 10.6 Å². The number of thiazole rings is 1. The Hall–Kier alpha value is -2.99. The van der Waals surface area contributed by atoms with Crippen molar-refractivity contribution in [1.82, 2.24) is 4.98 Å². The normalized spacial score (nSPS) is 10.3. The predicted molar refractivity (Wildman–Crippen MR) is 99.8 cm³/mol. The van der Waals surface area contributed by atoms with Crippen LogP contribution in [0, 0.1) is 0 Å². The van der Waals surface area contributed by atoms with E-state index in [4.69, 9.17) is 9.47 Å². The zero-order valence-corrected chi connectivity index (χ0v) is 15.0. The number of esters is 1. The Labute approximate surface area is 155 Å². The fourth-order valence-corrected chi connectivity index (χ4v) is 3.07. The summed E-state index contributed by atoms with van der Waals surface area (Å²) in [5, 5.41) is 2.36. The number of ether oxygens (including phenoxy) is 2. The molecule has 5 nitrogen and oxygen atoms in total. The number of hydrogen-bond donors (Lipinski definition) is 0. The number of rotatable bonds is 7. The third-order valence-electron chi connectivity index (χ3n) is 3.56. The van der Waals surface area contributed by atoms with Crippen molar-refractivity contribution in [3.8, 4) is 16.3 Å². The van der Waals surface area contributed by atoms with Crippen LogP contribution in [0.4, 0.5) is 0 Å². The quantitative estimate of drug-likeness (QED) is 0.461. The van der Waals surface area contributed by atoms with Crippen LogP contribution in [0.3, 0.4) is 0 Å². The van der Waals surface area contributed by atoms with Crippen molar-refractivity contribution < 1.29 is 19.1 Å². The largest absolute Gasteiger partial charge is 0.494 e. The molecule has 1 heterocycles. The summed E-state index contributed by atoms with van der Waals surface area (Å²) in [6.07, 6.45) is 0. The average molecular weight is 367 g/mol. The molecule has 0 aliphatic heterocycles. The van der Waals surface area contributed by atoms with E-state index in [1.165, 1.54) is 11.3 Å². The summed E-state index contributed by atoms with van der Waals surface area (Å²) in [6.45, 7) is 2.12. The lowest BCUT2D eigenvalue weighted by atomic mass is 10.1. The zero-order chi connectivity index (χ0) is 18.4. The van der Waals surface area contributed by atoms with Crippen molar-refractivity contribution in [2.75, 3.05) is 13.2 Å². The van der Waals surface area contributed by atoms with Gasteiger partial charge in [0.2, 0.25) is 0 Å². The van der Waals surface area contributed by atoms with Gasteiger partial charge in [-0.05, 0) is 31.2 Å². The first-order valence-corrected chi connectivity index (χ1v) is 8.99. The van der Waals surface area contributed by atoms with Crippen LogP contribution in [0.5, 0.6) is 5.75 Å². The highest BCUT2D eigenvalue weighted by atomic mass is 32.1. The first-order valence-electron chi connectivity index (χ1n) is 8.11. The summed E-state index contributed by atoms with van der Waals surface area (Å²) < 4.78 is 10.4. The maximum absolute atomic E-state index is 12.1. The van der Waals surface area contributed by atoms with Gasteiger partial charge in [-0.15, -0.1) is 11.3 Å². The van der Waals surface area contributed by atoms with Gasteiger partial charge in [0.1, 0.15) is 10.8 Å². The van der Waals surface area contributed by atoms with Gasteiger partial charge in [-0.2, -0.15) is 0 Å². The van der Waals surface area contributed by atoms with E-state index >= 15 is 0 Å². The van der Waals surface area contributed by atoms with E-state index in [1.807, 2.05) is 37.3 Å². The smallest absolute Gasteiger partial charge is 0.358 e. The van der Waals surface area contributed by atoms with Gasteiger partial charge >= 0.3 is 5.97 Å². The first kappa shape index (κ1) is 17.8. The van der Waals surface area contributed by atoms with Crippen LogP contribution in [0.1, 0.15) is 27.8 Å². The van der Waals surface area contributed by atoms with Crippen LogP contribution in [0.2, 0.25) is 0 Å². The van der Waals surface area contributed by atoms with Gasteiger partial charge in [-0.25, -0.2) is 9.78 Å². The van der Waals surface area contributed by atoms with Gasteiger partial charge in [0.05, 0.1) is 6.61 Å².